The van der Waals surface area contributed by atoms with Gasteiger partial charge in [0.2, 0.25) is 11.8 Å². The van der Waals surface area contributed by atoms with Gasteiger partial charge >= 0.3 is 0 Å². The molecule has 1 aromatic heterocycles. The summed E-state index contributed by atoms with van der Waals surface area (Å²) in [5.74, 6) is 1.99. The van der Waals surface area contributed by atoms with Crippen molar-refractivity contribution in [2.24, 2.45) is 12.0 Å². The van der Waals surface area contributed by atoms with E-state index in [1.807, 2.05) is 29.2 Å². The molecule has 13 heteroatoms. The van der Waals surface area contributed by atoms with E-state index in [9.17, 15) is 14.4 Å². The number of benzene rings is 4. The molecule has 3 amide bonds. The van der Waals surface area contributed by atoms with Crippen molar-refractivity contribution < 1.29 is 33.3 Å². The molecular formula is C53H64N6O7. The zero-order valence-corrected chi connectivity index (χ0v) is 39.0. The number of amides is 3. The minimum atomic E-state index is -0.511. The lowest BCUT2D eigenvalue weighted by Gasteiger charge is -2.34. The first-order valence-corrected chi connectivity index (χ1v) is 23.9. The van der Waals surface area contributed by atoms with Gasteiger partial charge in [0.15, 0.2) is 6.61 Å². The number of piperidine rings is 1. The third kappa shape index (κ3) is 10.7. The number of nitrogens with one attached hydrogen (secondary N) is 1. The van der Waals surface area contributed by atoms with Gasteiger partial charge in [-0.2, -0.15) is 5.10 Å². The van der Waals surface area contributed by atoms with Crippen LogP contribution in [0.4, 0.5) is 5.69 Å². The van der Waals surface area contributed by atoms with E-state index in [0.717, 1.165) is 116 Å². The SMILES string of the molecule is CCCCOc1ccc(C2=Nc3ccc(OCCCC)cc3C2(C)Cc2ccc(OCCCCN3CCN(C(=O)COc4cccc5c(C6CCC(=O)NC6=O)nn(C)c45)CC3)cc2)cc1. The molecule has 66 heavy (non-hydrogen) atoms. The molecule has 2 saturated heterocycles. The highest BCUT2D eigenvalue weighted by Gasteiger charge is 2.41. The minimum absolute atomic E-state index is 0.0609. The van der Waals surface area contributed by atoms with Crippen LogP contribution in [0.3, 0.4) is 0 Å². The van der Waals surface area contributed by atoms with Crippen LogP contribution in [0.1, 0.15) is 100 Å². The van der Waals surface area contributed by atoms with Crippen LogP contribution in [-0.2, 0) is 33.3 Å². The number of imide groups is 1. The summed E-state index contributed by atoms with van der Waals surface area (Å²) >= 11 is 0. The Bertz CT molecular complexity index is 2510. The van der Waals surface area contributed by atoms with Gasteiger partial charge in [0.25, 0.3) is 5.91 Å². The van der Waals surface area contributed by atoms with Gasteiger partial charge in [0.1, 0.15) is 28.5 Å². The van der Waals surface area contributed by atoms with Crippen molar-refractivity contribution in [3.63, 3.8) is 0 Å². The number of aromatic nitrogens is 2. The summed E-state index contributed by atoms with van der Waals surface area (Å²) < 4.78 is 26.1. The number of nitrogens with zero attached hydrogens (tertiary/aromatic N) is 5. The Hall–Kier alpha value is -6.21. The van der Waals surface area contributed by atoms with Crippen LogP contribution < -0.4 is 24.3 Å². The van der Waals surface area contributed by atoms with Crippen LogP contribution in [0.15, 0.2) is 89.9 Å². The molecule has 4 heterocycles. The number of ether oxygens (including phenoxy) is 4. The van der Waals surface area contributed by atoms with Crippen LogP contribution >= 0.6 is 0 Å². The highest BCUT2D eigenvalue weighted by atomic mass is 16.5. The van der Waals surface area contributed by atoms with Gasteiger partial charge in [-0.1, -0.05) is 51.0 Å². The Morgan fingerprint density at radius 2 is 1.45 bits per heavy atom. The summed E-state index contributed by atoms with van der Waals surface area (Å²) in [6.45, 7) is 12.5. The van der Waals surface area contributed by atoms with Crippen molar-refractivity contribution in [2.75, 3.05) is 59.2 Å². The lowest BCUT2D eigenvalue weighted by Crippen LogP contribution is -2.50. The number of aryl methyl sites for hydroxylation is 1. The van der Waals surface area contributed by atoms with Crippen molar-refractivity contribution in [2.45, 2.75) is 89.9 Å². The number of hydrogen-bond donors (Lipinski definition) is 1. The Morgan fingerprint density at radius 1 is 0.788 bits per heavy atom. The lowest BCUT2D eigenvalue weighted by atomic mass is 9.73. The van der Waals surface area contributed by atoms with E-state index in [2.05, 4.69) is 96.8 Å². The first-order valence-electron chi connectivity index (χ1n) is 23.9. The van der Waals surface area contributed by atoms with E-state index in [-0.39, 0.29) is 36.2 Å². The van der Waals surface area contributed by atoms with E-state index in [4.69, 9.17) is 23.9 Å². The maximum absolute atomic E-state index is 13.2. The van der Waals surface area contributed by atoms with Crippen molar-refractivity contribution in [3.05, 3.63) is 107 Å². The molecule has 0 aliphatic carbocycles. The monoisotopic (exact) mass is 896 g/mol. The number of carbonyl (C=O) groups excluding carboxylic acids is 3. The van der Waals surface area contributed by atoms with Crippen molar-refractivity contribution in [1.82, 2.24) is 24.9 Å². The number of fused-ring (bicyclic) bond motifs is 2. The van der Waals surface area contributed by atoms with Crippen LogP contribution in [0.5, 0.6) is 23.0 Å². The molecule has 348 valence electrons. The molecule has 4 aromatic carbocycles. The lowest BCUT2D eigenvalue weighted by molar-refractivity contribution is -0.135. The average Bonchev–Trinajstić information content (AvgIpc) is 3.81. The van der Waals surface area contributed by atoms with Crippen molar-refractivity contribution in [1.29, 1.82) is 0 Å². The Kier molecular flexibility index (Phi) is 15.0. The summed E-state index contributed by atoms with van der Waals surface area (Å²) in [5.41, 5.74) is 6.46. The van der Waals surface area contributed by atoms with Crippen molar-refractivity contribution in [3.8, 4) is 23.0 Å². The molecule has 0 saturated carbocycles. The molecule has 1 N–H and O–H groups in total. The number of para-hydroxylation sites is 1. The molecule has 3 aliphatic heterocycles. The fraction of sp³-hybridized carbons (Fsp3) is 0.453. The Balaban J connectivity index is 0.790. The third-order valence-electron chi connectivity index (χ3n) is 13.1. The van der Waals surface area contributed by atoms with E-state index in [1.54, 1.807) is 11.7 Å². The zero-order chi connectivity index (χ0) is 46.0. The first kappa shape index (κ1) is 46.3. The summed E-state index contributed by atoms with van der Waals surface area (Å²) in [5, 5.41) is 7.83. The van der Waals surface area contributed by atoms with Crippen LogP contribution in [0.2, 0.25) is 0 Å². The quantitative estimate of drug-likeness (QED) is 0.0568. The van der Waals surface area contributed by atoms with Crippen LogP contribution in [-0.4, -0.2) is 102 Å². The predicted octanol–water partition coefficient (Wildman–Crippen LogP) is 8.47. The summed E-state index contributed by atoms with van der Waals surface area (Å²) in [6, 6.07) is 28.8. The normalized spacial score (nSPS) is 18.5. The number of aliphatic imine (C=N–C) groups is 1. The van der Waals surface area contributed by atoms with Gasteiger partial charge in [-0.15, -0.1) is 0 Å². The second-order valence-corrected chi connectivity index (χ2v) is 18.0. The van der Waals surface area contributed by atoms with Gasteiger partial charge < -0.3 is 23.8 Å². The third-order valence-corrected chi connectivity index (χ3v) is 13.1. The smallest absolute Gasteiger partial charge is 0.260 e. The molecule has 0 bridgehead atoms. The number of rotatable bonds is 21. The zero-order valence-electron chi connectivity index (χ0n) is 39.0. The largest absolute Gasteiger partial charge is 0.494 e. The minimum Gasteiger partial charge on any atom is -0.494 e. The first-order chi connectivity index (χ1) is 32.1. The molecule has 0 spiro atoms. The van der Waals surface area contributed by atoms with E-state index >= 15 is 0 Å². The highest BCUT2D eigenvalue weighted by molar-refractivity contribution is 6.13. The van der Waals surface area contributed by atoms with Crippen molar-refractivity contribution >= 4 is 40.0 Å². The summed E-state index contributed by atoms with van der Waals surface area (Å²) in [4.78, 5) is 47.1. The fourth-order valence-electron chi connectivity index (χ4n) is 9.30. The maximum atomic E-state index is 13.2. The molecule has 8 rings (SSSR count). The van der Waals surface area contributed by atoms with Crippen LogP contribution in [0.25, 0.3) is 10.9 Å². The van der Waals surface area contributed by atoms with Gasteiger partial charge in [-0.05, 0) is 129 Å². The Morgan fingerprint density at radius 3 is 2.15 bits per heavy atom. The molecule has 5 aromatic rings. The van der Waals surface area contributed by atoms with E-state index in [1.165, 1.54) is 11.1 Å². The number of unbranched alkanes of at least 4 members (excludes halogenated alkanes) is 3. The molecule has 2 unspecified atom stereocenters. The number of hydrogen-bond acceptors (Lipinski definition) is 10. The summed E-state index contributed by atoms with van der Waals surface area (Å²) in [7, 11) is 1.80. The standard InChI is InChI=1S/C53H64N6O7/c1-5-7-31-63-40-20-16-38(17-21-40)51-53(3,44-34-41(65-32-8-6-2)22-24-45(44)54-51)35-37-14-18-39(19-15-37)64-33-10-9-26-58-27-29-59(30-28-58)48(61)36-66-46-13-11-12-42-49(56-57(4)50(42)46)43-23-25-47(60)55-52(43)62/h11-22,24,34,43H,5-10,23,25-33,35-36H2,1-4H3,(H,55,60,62). The Labute approximate surface area is 388 Å². The topological polar surface area (TPSA) is 137 Å². The maximum Gasteiger partial charge on any atom is 0.260 e. The molecule has 2 atom stereocenters. The molecular weight excluding hydrogens is 833 g/mol. The van der Waals surface area contributed by atoms with Crippen LogP contribution in [0, 0.1) is 0 Å². The van der Waals surface area contributed by atoms with E-state index < -0.39 is 5.92 Å². The number of piperazine rings is 1. The fourth-order valence-corrected chi connectivity index (χ4v) is 9.30. The molecule has 0 radical (unpaired) electrons. The second-order valence-electron chi connectivity index (χ2n) is 18.0. The molecule has 2 fully saturated rings. The van der Waals surface area contributed by atoms with E-state index in [0.29, 0.717) is 44.2 Å². The average molecular weight is 897 g/mol. The number of carbonyl (C=O) groups is 3. The molecule has 3 aliphatic rings. The molecule has 13 nitrogen and oxygen atoms in total. The second kappa shape index (κ2) is 21.4. The predicted molar refractivity (Wildman–Crippen MR) is 256 cm³/mol. The summed E-state index contributed by atoms with van der Waals surface area (Å²) in [6.07, 6.45) is 7.62. The highest BCUT2D eigenvalue weighted by Crippen LogP contribution is 2.46. The van der Waals surface area contributed by atoms with Gasteiger partial charge in [0, 0.05) is 50.4 Å². The van der Waals surface area contributed by atoms with Gasteiger partial charge in [0.05, 0.1) is 42.8 Å². The van der Waals surface area contributed by atoms with Gasteiger partial charge in [-0.3, -0.25) is 34.3 Å². The van der Waals surface area contributed by atoms with Gasteiger partial charge in [-0.25, -0.2) is 0 Å².